The number of amidine groups is 1. The highest BCUT2D eigenvalue weighted by atomic mass is 16.5. The second-order valence-corrected chi connectivity index (χ2v) is 8.51. The average Bonchev–Trinajstić information content (AvgIpc) is 3.50. The molecule has 0 aliphatic carbocycles. The number of allylic oxidation sites excluding steroid dienone is 1. The van der Waals surface area contributed by atoms with Crippen LogP contribution < -0.4 is 19.8 Å². The summed E-state index contributed by atoms with van der Waals surface area (Å²) in [5, 5.41) is 9.19. The lowest BCUT2D eigenvalue weighted by Crippen LogP contribution is -2.28. The maximum Gasteiger partial charge on any atom is 0.255 e. The van der Waals surface area contributed by atoms with Gasteiger partial charge in [-0.3, -0.25) is 9.59 Å². The van der Waals surface area contributed by atoms with Crippen LogP contribution in [-0.4, -0.2) is 31.9 Å². The molecule has 8 nitrogen and oxygen atoms in total. The van der Waals surface area contributed by atoms with E-state index in [0.29, 0.717) is 28.4 Å². The Balaban J connectivity index is 1.41. The number of hydrogen-bond acceptors (Lipinski definition) is 6. The third-order valence-electron chi connectivity index (χ3n) is 6.11. The van der Waals surface area contributed by atoms with E-state index in [4.69, 9.17) is 13.9 Å². The number of carbonyl (C=O) groups is 2. The minimum absolute atomic E-state index is 0.0169. The first-order chi connectivity index (χ1) is 18.0. The van der Waals surface area contributed by atoms with E-state index in [1.165, 1.54) is 11.1 Å². The van der Waals surface area contributed by atoms with Gasteiger partial charge in [-0.1, -0.05) is 30.3 Å². The number of ether oxygens (including phenoxy) is 2. The van der Waals surface area contributed by atoms with Crippen molar-refractivity contribution in [2.24, 2.45) is 5.10 Å². The van der Waals surface area contributed by atoms with Crippen LogP contribution in [0.5, 0.6) is 11.5 Å². The monoisotopic (exact) mass is 495 g/mol. The van der Waals surface area contributed by atoms with Gasteiger partial charge in [0.2, 0.25) is 5.91 Å². The standard InChI is InChI=1S/C29H25N3O5/c1-18(13-28(33)30-27-16-29(34)32(31-27)20-7-5-4-6-8-20)22-14-23-24(17-37-26(23)15-25(22)36-3)19-9-11-21(35-2)12-10-19/h4-15,17H,16H2,1-3H3,(H,30,31,33)/b18-13+. The zero-order valence-electron chi connectivity index (χ0n) is 20.6. The lowest BCUT2D eigenvalue weighted by Gasteiger charge is -2.10. The van der Waals surface area contributed by atoms with E-state index in [9.17, 15) is 9.59 Å². The quantitative estimate of drug-likeness (QED) is 0.362. The Hall–Kier alpha value is -4.85. The van der Waals surface area contributed by atoms with Gasteiger partial charge in [0.15, 0.2) is 0 Å². The zero-order chi connectivity index (χ0) is 25.9. The van der Waals surface area contributed by atoms with E-state index >= 15 is 0 Å². The van der Waals surface area contributed by atoms with Gasteiger partial charge in [0.25, 0.3) is 5.91 Å². The summed E-state index contributed by atoms with van der Waals surface area (Å²) in [5.74, 6) is 1.04. The molecule has 1 aliphatic rings. The Bertz CT molecular complexity index is 1540. The molecule has 2 heterocycles. The Labute approximate surface area is 213 Å². The minimum atomic E-state index is -0.385. The summed E-state index contributed by atoms with van der Waals surface area (Å²) < 4.78 is 16.6. The normalized spacial score (nSPS) is 13.6. The van der Waals surface area contributed by atoms with Gasteiger partial charge in [0.1, 0.15) is 22.9 Å². The molecule has 0 radical (unpaired) electrons. The molecule has 0 atom stereocenters. The summed E-state index contributed by atoms with van der Waals surface area (Å²) in [7, 11) is 3.20. The third kappa shape index (κ3) is 4.81. The van der Waals surface area contributed by atoms with Crippen molar-refractivity contribution in [1.82, 2.24) is 5.32 Å². The number of nitrogens with one attached hydrogen (secondary N) is 1. The predicted octanol–water partition coefficient (Wildman–Crippen LogP) is 5.39. The van der Waals surface area contributed by atoms with Crippen molar-refractivity contribution in [3.8, 4) is 22.6 Å². The van der Waals surface area contributed by atoms with Crippen LogP contribution in [0.3, 0.4) is 0 Å². The number of benzene rings is 3. The molecule has 0 spiro atoms. The number of fused-ring (bicyclic) bond motifs is 1. The lowest BCUT2D eigenvalue weighted by molar-refractivity contribution is -0.116. The number of carbonyl (C=O) groups excluding carboxylic acids is 2. The highest BCUT2D eigenvalue weighted by molar-refractivity contribution is 6.17. The number of rotatable bonds is 6. The second kappa shape index (κ2) is 10.0. The van der Waals surface area contributed by atoms with Crippen LogP contribution in [0.1, 0.15) is 18.9 Å². The molecule has 2 amide bonds. The maximum atomic E-state index is 12.8. The fourth-order valence-electron chi connectivity index (χ4n) is 4.25. The number of anilines is 1. The van der Waals surface area contributed by atoms with E-state index in [-0.39, 0.29) is 18.2 Å². The highest BCUT2D eigenvalue weighted by Gasteiger charge is 2.26. The topological polar surface area (TPSA) is 93.4 Å². The SMILES string of the molecule is COc1ccc(-c2coc3cc(OC)c(/C(C)=C/C(=O)NC4=NN(c5ccccc5)C(=O)C4)cc23)cc1. The molecule has 37 heavy (non-hydrogen) atoms. The van der Waals surface area contributed by atoms with Crippen molar-refractivity contribution in [3.05, 3.63) is 84.6 Å². The van der Waals surface area contributed by atoms with E-state index in [2.05, 4.69) is 10.4 Å². The van der Waals surface area contributed by atoms with Crippen LogP contribution in [0.4, 0.5) is 5.69 Å². The number of amides is 2. The molecule has 0 saturated heterocycles. The van der Waals surface area contributed by atoms with Crippen LogP contribution in [0.25, 0.3) is 27.7 Å². The Morgan fingerprint density at radius 2 is 1.81 bits per heavy atom. The largest absolute Gasteiger partial charge is 0.497 e. The van der Waals surface area contributed by atoms with E-state index < -0.39 is 0 Å². The van der Waals surface area contributed by atoms with E-state index in [1.54, 1.807) is 32.6 Å². The van der Waals surface area contributed by atoms with Crippen LogP contribution in [0.2, 0.25) is 0 Å². The van der Waals surface area contributed by atoms with Gasteiger partial charge in [-0.2, -0.15) is 10.1 Å². The van der Waals surface area contributed by atoms with Gasteiger partial charge in [0.05, 0.1) is 32.6 Å². The third-order valence-corrected chi connectivity index (χ3v) is 6.11. The Morgan fingerprint density at radius 1 is 1.05 bits per heavy atom. The van der Waals surface area contributed by atoms with Gasteiger partial charge in [-0.05, 0) is 48.4 Å². The smallest absolute Gasteiger partial charge is 0.255 e. The molecule has 0 unspecified atom stereocenters. The predicted molar refractivity (Wildman–Crippen MR) is 143 cm³/mol. The van der Waals surface area contributed by atoms with Crippen molar-refractivity contribution >= 4 is 39.9 Å². The summed E-state index contributed by atoms with van der Waals surface area (Å²) in [6.07, 6.45) is 3.19. The molecule has 1 aromatic heterocycles. The second-order valence-electron chi connectivity index (χ2n) is 8.51. The van der Waals surface area contributed by atoms with Crippen molar-refractivity contribution < 1.29 is 23.5 Å². The van der Waals surface area contributed by atoms with Crippen molar-refractivity contribution in [2.45, 2.75) is 13.3 Å². The number of furan rings is 1. The number of nitrogens with zero attached hydrogens (tertiary/aromatic N) is 2. The average molecular weight is 496 g/mol. The molecular weight excluding hydrogens is 470 g/mol. The molecule has 1 N–H and O–H groups in total. The molecule has 0 fully saturated rings. The Kier molecular flexibility index (Phi) is 6.47. The molecule has 4 aromatic rings. The summed E-state index contributed by atoms with van der Waals surface area (Å²) in [6, 6.07) is 20.6. The molecule has 3 aromatic carbocycles. The van der Waals surface area contributed by atoms with Crippen LogP contribution in [-0.2, 0) is 9.59 Å². The van der Waals surface area contributed by atoms with Crippen LogP contribution in [0.15, 0.2) is 88.6 Å². The number of hydrogen-bond donors (Lipinski definition) is 1. The minimum Gasteiger partial charge on any atom is -0.497 e. The first-order valence-corrected chi connectivity index (χ1v) is 11.7. The fraction of sp³-hybridized carbons (Fsp3) is 0.138. The van der Waals surface area contributed by atoms with Gasteiger partial charge < -0.3 is 19.2 Å². The van der Waals surface area contributed by atoms with E-state index in [1.807, 2.05) is 61.5 Å². The van der Waals surface area contributed by atoms with Gasteiger partial charge >= 0.3 is 0 Å². The number of hydrazone groups is 1. The molecule has 1 aliphatic heterocycles. The molecule has 5 rings (SSSR count). The summed E-state index contributed by atoms with van der Waals surface area (Å²) in [5.41, 5.74) is 4.64. The first-order valence-electron chi connectivity index (χ1n) is 11.7. The van der Waals surface area contributed by atoms with Crippen LogP contribution in [0, 0.1) is 0 Å². The first kappa shape index (κ1) is 23.9. The van der Waals surface area contributed by atoms with Crippen molar-refractivity contribution in [1.29, 1.82) is 0 Å². The summed E-state index contributed by atoms with van der Waals surface area (Å²) in [4.78, 5) is 25.2. The summed E-state index contributed by atoms with van der Waals surface area (Å²) >= 11 is 0. The molecule has 8 heteroatoms. The maximum absolute atomic E-state index is 12.8. The highest BCUT2D eigenvalue weighted by Crippen LogP contribution is 2.37. The number of para-hydroxylation sites is 1. The van der Waals surface area contributed by atoms with Crippen molar-refractivity contribution in [3.63, 3.8) is 0 Å². The molecule has 0 saturated carbocycles. The van der Waals surface area contributed by atoms with Gasteiger partial charge in [-0.15, -0.1) is 0 Å². The molecule has 0 bridgehead atoms. The van der Waals surface area contributed by atoms with Gasteiger partial charge in [-0.25, -0.2) is 0 Å². The van der Waals surface area contributed by atoms with Crippen LogP contribution >= 0.6 is 0 Å². The number of methoxy groups -OCH3 is 2. The zero-order valence-corrected chi connectivity index (χ0v) is 20.6. The lowest BCUT2D eigenvalue weighted by atomic mass is 9.99. The molecular formula is C29H25N3O5. The summed E-state index contributed by atoms with van der Waals surface area (Å²) in [6.45, 7) is 1.83. The van der Waals surface area contributed by atoms with E-state index in [0.717, 1.165) is 27.8 Å². The van der Waals surface area contributed by atoms with Gasteiger partial charge in [0, 0.05) is 28.7 Å². The van der Waals surface area contributed by atoms with Crippen molar-refractivity contribution in [2.75, 3.05) is 19.2 Å². The Morgan fingerprint density at radius 3 is 2.51 bits per heavy atom. The molecule has 186 valence electrons. The fourth-order valence-corrected chi connectivity index (χ4v) is 4.25.